The van der Waals surface area contributed by atoms with E-state index in [1.165, 1.54) is 0 Å². The van der Waals surface area contributed by atoms with Gasteiger partial charge in [0.05, 0.1) is 18.5 Å². The first-order valence-electron chi connectivity index (χ1n) is 8.45. The van der Waals surface area contributed by atoms with E-state index in [1.54, 1.807) is 18.3 Å². The van der Waals surface area contributed by atoms with Crippen molar-refractivity contribution in [3.05, 3.63) is 70.4 Å². The van der Waals surface area contributed by atoms with E-state index in [-0.39, 0.29) is 5.91 Å². The number of amides is 1. The number of hydrogen-bond donors (Lipinski definition) is 2. The van der Waals surface area contributed by atoms with Gasteiger partial charge in [0.15, 0.2) is 0 Å². The summed E-state index contributed by atoms with van der Waals surface area (Å²) in [6.07, 6.45) is 1.55. The highest BCUT2D eigenvalue weighted by molar-refractivity contribution is 6.30. The van der Waals surface area contributed by atoms with E-state index in [9.17, 15) is 4.79 Å². The quantitative estimate of drug-likeness (QED) is 0.495. The Kier molecular flexibility index (Phi) is 5.88. The second-order valence-electron chi connectivity index (χ2n) is 5.78. The Hall–Kier alpha value is -3.12. The second kappa shape index (κ2) is 8.51. The maximum Gasteiger partial charge on any atom is 0.289 e. The smallest absolute Gasteiger partial charge is 0.289 e. The molecule has 7 heteroatoms. The first kappa shape index (κ1) is 18.7. The highest BCUT2D eigenvalue weighted by Crippen LogP contribution is 2.25. The molecule has 0 unspecified atom stereocenters. The number of hydrazone groups is 1. The van der Waals surface area contributed by atoms with Crippen LogP contribution in [-0.2, 0) is 0 Å². The lowest BCUT2D eigenvalue weighted by Gasteiger charge is -2.04. The predicted molar refractivity (Wildman–Crippen MR) is 106 cm³/mol. The van der Waals surface area contributed by atoms with E-state index in [2.05, 4.69) is 20.7 Å². The fourth-order valence-corrected chi connectivity index (χ4v) is 2.67. The Morgan fingerprint density at radius 2 is 1.93 bits per heavy atom. The van der Waals surface area contributed by atoms with Gasteiger partial charge >= 0.3 is 0 Å². The molecule has 1 amide bonds. The number of carbonyl (C=O) groups excluding carboxylic acids is 1. The lowest BCUT2D eigenvalue weighted by atomic mass is 10.1. The molecule has 0 aliphatic carbocycles. The molecule has 0 bridgehead atoms. The summed E-state index contributed by atoms with van der Waals surface area (Å²) in [6.45, 7) is 4.39. The second-order valence-corrected chi connectivity index (χ2v) is 6.22. The third-order valence-electron chi connectivity index (χ3n) is 3.93. The van der Waals surface area contributed by atoms with Gasteiger partial charge in [0.2, 0.25) is 0 Å². The van der Waals surface area contributed by atoms with Crippen LogP contribution >= 0.6 is 11.6 Å². The van der Waals surface area contributed by atoms with E-state index in [0.717, 1.165) is 22.4 Å². The number of ether oxygens (including phenoxy) is 1. The molecule has 1 aromatic heterocycles. The van der Waals surface area contributed by atoms with Crippen LogP contribution in [0.15, 0.2) is 53.6 Å². The lowest BCUT2D eigenvalue weighted by Crippen LogP contribution is -2.19. The van der Waals surface area contributed by atoms with Gasteiger partial charge in [0, 0.05) is 16.1 Å². The summed E-state index contributed by atoms with van der Waals surface area (Å²) < 4.78 is 5.44. The molecule has 1 heterocycles. The van der Waals surface area contributed by atoms with Gasteiger partial charge in [0.25, 0.3) is 5.91 Å². The van der Waals surface area contributed by atoms with Gasteiger partial charge < -0.3 is 4.74 Å². The minimum atomic E-state index is -0.359. The fourth-order valence-electron chi connectivity index (χ4n) is 2.55. The minimum absolute atomic E-state index is 0.359. The van der Waals surface area contributed by atoms with Gasteiger partial charge in [-0.05, 0) is 55.8 Å². The van der Waals surface area contributed by atoms with Gasteiger partial charge in [-0.1, -0.05) is 23.7 Å². The van der Waals surface area contributed by atoms with Crippen LogP contribution in [0.5, 0.6) is 5.75 Å². The topological polar surface area (TPSA) is 79.4 Å². The fraction of sp³-hybridized carbons (Fsp3) is 0.150. The Morgan fingerprint density at radius 3 is 2.59 bits per heavy atom. The number of aromatic nitrogens is 2. The third-order valence-corrected chi connectivity index (χ3v) is 4.18. The molecule has 2 N–H and O–H groups in total. The highest BCUT2D eigenvalue weighted by Gasteiger charge is 2.16. The maximum absolute atomic E-state index is 12.4. The SMILES string of the molecule is CCOc1ccc(-c2n[nH]c(C(=O)N/N=C\c3ccc(Cl)cc3)c2C)cc1. The zero-order chi connectivity index (χ0) is 19.2. The molecule has 0 aliphatic heterocycles. The van der Waals surface area contributed by atoms with Gasteiger partial charge in [-0.3, -0.25) is 9.89 Å². The van der Waals surface area contributed by atoms with E-state index in [0.29, 0.717) is 23.0 Å². The van der Waals surface area contributed by atoms with Crippen LogP contribution in [0, 0.1) is 6.92 Å². The molecule has 0 radical (unpaired) electrons. The predicted octanol–water partition coefficient (Wildman–Crippen LogP) is 4.20. The molecule has 0 fully saturated rings. The Balaban J connectivity index is 1.70. The van der Waals surface area contributed by atoms with Crippen molar-refractivity contribution in [2.24, 2.45) is 5.10 Å². The molecule has 0 spiro atoms. The number of halogens is 1. The van der Waals surface area contributed by atoms with Crippen molar-refractivity contribution in [2.45, 2.75) is 13.8 Å². The maximum atomic E-state index is 12.4. The number of nitrogens with zero attached hydrogens (tertiary/aromatic N) is 2. The lowest BCUT2D eigenvalue weighted by molar-refractivity contribution is 0.0949. The molecule has 0 saturated heterocycles. The van der Waals surface area contributed by atoms with Gasteiger partial charge in [0.1, 0.15) is 11.4 Å². The molecule has 138 valence electrons. The van der Waals surface area contributed by atoms with Gasteiger partial charge in [-0.2, -0.15) is 10.2 Å². The van der Waals surface area contributed by atoms with Gasteiger partial charge in [-0.15, -0.1) is 0 Å². The van der Waals surface area contributed by atoms with Crippen LogP contribution in [0.3, 0.4) is 0 Å². The molecule has 6 nitrogen and oxygen atoms in total. The molecule has 27 heavy (non-hydrogen) atoms. The number of H-pyrrole nitrogens is 1. The summed E-state index contributed by atoms with van der Waals surface area (Å²) >= 11 is 5.84. The number of rotatable bonds is 6. The minimum Gasteiger partial charge on any atom is -0.494 e. The number of nitrogens with one attached hydrogen (secondary N) is 2. The Labute approximate surface area is 162 Å². The summed E-state index contributed by atoms with van der Waals surface area (Å²) in [5.41, 5.74) is 6.06. The van der Waals surface area contributed by atoms with Crippen LogP contribution in [-0.4, -0.2) is 28.9 Å². The molecular formula is C20H19ClN4O2. The summed E-state index contributed by atoms with van der Waals surface area (Å²) in [6, 6.07) is 14.7. The number of hydrogen-bond acceptors (Lipinski definition) is 4. The zero-order valence-electron chi connectivity index (χ0n) is 15.0. The first-order chi connectivity index (χ1) is 13.1. The largest absolute Gasteiger partial charge is 0.494 e. The van der Waals surface area contributed by atoms with Crippen molar-refractivity contribution in [1.82, 2.24) is 15.6 Å². The van der Waals surface area contributed by atoms with E-state index in [1.807, 2.05) is 50.2 Å². The van der Waals surface area contributed by atoms with E-state index < -0.39 is 0 Å². The van der Waals surface area contributed by atoms with Crippen LogP contribution in [0.25, 0.3) is 11.3 Å². The van der Waals surface area contributed by atoms with Crippen LogP contribution in [0.4, 0.5) is 0 Å². The molecular weight excluding hydrogens is 364 g/mol. The molecule has 0 aliphatic rings. The molecule has 3 aromatic rings. The van der Waals surface area contributed by atoms with Crippen molar-refractivity contribution >= 4 is 23.7 Å². The van der Waals surface area contributed by atoms with Crippen molar-refractivity contribution < 1.29 is 9.53 Å². The van der Waals surface area contributed by atoms with Crippen molar-refractivity contribution in [3.8, 4) is 17.0 Å². The number of benzene rings is 2. The van der Waals surface area contributed by atoms with Gasteiger partial charge in [-0.25, -0.2) is 5.43 Å². The van der Waals surface area contributed by atoms with Crippen molar-refractivity contribution in [1.29, 1.82) is 0 Å². The van der Waals surface area contributed by atoms with Crippen LogP contribution in [0.1, 0.15) is 28.5 Å². The normalized spacial score (nSPS) is 10.9. The van der Waals surface area contributed by atoms with E-state index in [4.69, 9.17) is 16.3 Å². The average Bonchev–Trinajstić information content (AvgIpc) is 3.06. The van der Waals surface area contributed by atoms with Crippen LogP contribution < -0.4 is 10.2 Å². The third kappa shape index (κ3) is 4.54. The number of carbonyl (C=O) groups is 1. The van der Waals surface area contributed by atoms with Crippen molar-refractivity contribution in [3.63, 3.8) is 0 Å². The Morgan fingerprint density at radius 1 is 1.22 bits per heavy atom. The molecule has 2 aromatic carbocycles. The highest BCUT2D eigenvalue weighted by atomic mass is 35.5. The Bertz CT molecular complexity index is 947. The summed E-state index contributed by atoms with van der Waals surface area (Å²) in [7, 11) is 0. The van der Waals surface area contributed by atoms with Crippen LogP contribution in [0.2, 0.25) is 5.02 Å². The van der Waals surface area contributed by atoms with Crippen molar-refractivity contribution in [2.75, 3.05) is 6.61 Å². The number of aromatic amines is 1. The molecule has 0 atom stereocenters. The zero-order valence-corrected chi connectivity index (χ0v) is 15.7. The summed E-state index contributed by atoms with van der Waals surface area (Å²) in [5, 5.41) is 11.7. The first-order valence-corrected chi connectivity index (χ1v) is 8.83. The summed E-state index contributed by atoms with van der Waals surface area (Å²) in [5.74, 6) is 0.436. The molecule has 3 rings (SSSR count). The summed E-state index contributed by atoms with van der Waals surface area (Å²) in [4.78, 5) is 12.4. The molecule has 0 saturated carbocycles. The van der Waals surface area contributed by atoms with E-state index >= 15 is 0 Å². The average molecular weight is 383 g/mol. The monoisotopic (exact) mass is 382 g/mol. The standard InChI is InChI=1S/C20H19ClN4O2/c1-3-27-17-10-6-15(7-11-17)18-13(2)19(24-23-18)20(26)25-22-12-14-4-8-16(21)9-5-14/h4-12H,3H2,1-2H3,(H,23,24)(H,25,26)/b22-12-.